The Bertz CT molecular complexity index is 843. The lowest BCUT2D eigenvalue weighted by Crippen LogP contribution is -2.32. The van der Waals surface area contributed by atoms with E-state index in [2.05, 4.69) is 5.32 Å². The average Bonchev–Trinajstić information content (AvgIpc) is 3.09. The van der Waals surface area contributed by atoms with Crippen LogP contribution >= 0.6 is 11.3 Å². The minimum Gasteiger partial charge on any atom is -0.497 e. The molecule has 7 heteroatoms. The third-order valence-corrected chi connectivity index (χ3v) is 6.01. The van der Waals surface area contributed by atoms with Gasteiger partial charge in [-0.2, -0.15) is 0 Å². The fraction of sp³-hybridized carbons (Fsp3) is 0.429. The van der Waals surface area contributed by atoms with Crippen molar-refractivity contribution in [3.63, 3.8) is 0 Å². The van der Waals surface area contributed by atoms with E-state index < -0.39 is 12.1 Å². The van der Waals surface area contributed by atoms with E-state index in [0.717, 1.165) is 41.9 Å². The van der Waals surface area contributed by atoms with Crippen LogP contribution in [0.4, 0.5) is 5.00 Å². The molecular weight excluding hydrogens is 378 g/mol. The molecule has 0 saturated carbocycles. The molecule has 1 aromatic heterocycles. The standard InChI is InChI=1S/C21H25NO5S/c1-4-16(27-14-11-9-13(25-2)10-12-14)19(23)22-20-18(21(24)26-3)15-7-5-6-8-17(15)28-20/h9-12,16H,4-8H2,1-3H3,(H,22,23)/t16-/m1/s1. The first-order valence-electron chi connectivity index (χ1n) is 9.41. The maximum absolute atomic E-state index is 12.8. The average molecular weight is 404 g/mol. The van der Waals surface area contributed by atoms with Crippen LogP contribution in [0.5, 0.6) is 11.5 Å². The molecule has 0 fully saturated rings. The summed E-state index contributed by atoms with van der Waals surface area (Å²) in [6.07, 6.45) is 3.73. The molecule has 150 valence electrons. The zero-order chi connectivity index (χ0) is 20.1. The summed E-state index contributed by atoms with van der Waals surface area (Å²) in [4.78, 5) is 26.3. The molecule has 1 aromatic carbocycles. The van der Waals surface area contributed by atoms with Crippen LogP contribution in [0.2, 0.25) is 0 Å². The smallest absolute Gasteiger partial charge is 0.341 e. The first-order chi connectivity index (χ1) is 13.6. The van der Waals surface area contributed by atoms with Crippen LogP contribution in [0.15, 0.2) is 24.3 Å². The molecule has 1 aliphatic rings. The summed E-state index contributed by atoms with van der Waals surface area (Å²) in [5.41, 5.74) is 1.51. The number of amides is 1. The minimum absolute atomic E-state index is 0.276. The van der Waals surface area contributed by atoms with Crippen molar-refractivity contribution in [1.29, 1.82) is 0 Å². The van der Waals surface area contributed by atoms with E-state index in [1.807, 2.05) is 6.92 Å². The first kappa shape index (κ1) is 20.2. The Morgan fingerprint density at radius 1 is 1.11 bits per heavy atom. The Morgan fingerprint density at radius 2 is 1.79 bits per heavy atom. The highest BCUT2D eigenvalue weighted by Crippen LogP contribution is 2.38. The van der Waals surface area contributed by atoms with Gasteiger partial charge in [-0.1, -0.05) is 6.92 Å². The van der Waals surface area contributed by atoms with Gasteiger partial charge in [0.15, 0.2) is 6.10 Å². The van der Waals surface area contributed by atoms with E-state index in [0.29, 0.717) is 22.7 Å². The molecule has 0 radical (unpaired) electrons. The fourth-order valence-corrected chi connectivity index (χ4v) is 4.59. The van der Waals surface area contributed by atoms with E-state index in [-0.39, 0.29) is 5.91 Å². The molecule has 6 nitrogen and oxygen atoms in total. The Morgan fingerprint density at radius 3 is 2.43 bits per heavy atom. The molecule has 1 aliphatic carbocycles. The second-order valence-corrected chi connectivity index (χ2v) is 7.69. The molecule has 1 amide bonds. The van der Waals surface area contributed by atoms with Gasteiger partial charge in [-0.25, -0.2) is 4.79 Å². The van der Waals surface area contributed by atoms with Crippen LogP contribution in [0, 0.1) is 0 Å². The van der Waals surface area contributed by atoms with Crippen molar-refractivity contribution in [3.05, 3.63) is 40.3 Å². The molecule has 1 N–H and O–H groups in total. The van der Waals surface area contributed by atoms with E-state index in [1.54, 1.807) is 31.4 Å². The van der Waals surface area contributed by atoms with Crippen molar-refractivity contribution < 1.29 is 23.8 Å². The molecule has 28 heavy (non-hydrogen) atoms. The monoisotopic (exact) mass is 403 g/mol. The molecule has 0 saturated heterocycles. The summed E-state index contributed by atoms with van der Waals surface area (Å²) in [6, 6.07) is 7.09. The number of ether oxygens (including phenoxy) is 3. The van der Waals surface area contributed by atoms with Crippen molar-refractivity contribution in [3.8, 4) is 11.5 Å². The summed E-state index contributed by atoms with van der Waals surface area (Å²) in [6.45, 7) is 1.88. The van der Waals surface area contributed by atoms with Crippen molar-refractivity contribution in [2.75, 3.05) is 19.5 Å². The van der Waals surface area contributed by atoms with Crippen molar-refractivity contribution in [1.82, 2.24) is 0 Å². The Labute approximate surface area is 168 Å². The van der Waals surface area contributed by atoms with Gasteiger partial charge in [0.1, 0.15) is 16.5 Å². The summed E-state index contributed by atoms with van der Waals surface area (Å²) in [5.74, 6) is 0.624. The largest absolute Gasteiger partial charge is 0.497 e. The summed E-state index contributed by atoms with van der Waals surface area (Å²) in [5, 5.41) is 3.46. The zero-order valence-electron chi connectivity index (χ0n) is 16.4. The predicted molar refractivity (Wildman–Crippen MR) is 109 cm³/mol. The molecular formula is C21H25NO5S. The maximum Gasteiger partial charge on any atom is 0.341 e. The van der Waals surface area contributed by atoms with Gasteiger partial charge in [-0.05, 0) is 61.9 Å². The molecule has 0 bridgehead atoms. The summed E-state index contributed by atoms with van der Waals surface area (Å²) >= 11 is 1.47. The maximum atomic E-state index is 12.8. The van der Waals surface area contributed by atoms with Crippen molar-refractivity contribution in [2.45, 2.75) is 45.1 Å². The van der Waals surface area contributed by atoms with Crippen LogP contribution in [0.1, 0.15) is 47.0 Å². The van der Waals surface area contributed by atoms with Crippen LogP contribution in [0.3, 0.4) is 0 Å². The van der Waals surface area contributed by atoms with Gasteiger partial charge in [0.25, 0.3) is 5.91 Å². The third kappa shape index (κ3) is 4.30. The SMILES string of the molecule is CC[C@@H](Oc1ccc(OC)cc1)C(=O)Nc1sc2c(c1C(=O)OC)CCCC2. The number of hydrogen-bond acceptors (Lipinski definition) is 6. The molecule has 3 rings (SSSR count). The lowest BCUT2D eigenvalue weighted by atomic mass is 9.95. The lowest BCUT2D eigenvalue weighted by Gasteiger charge is -2.17. The number of benzene rings is 1. The van der Waals surface area contributed by atoms with Gasteiger partial charge in [0.2, 0.25) is 0 Å². The van der Waals surface area contributed by atoms with Crippen molar-refractivity contribution in [2.24, 2.45) is 0 Å². The third-order valence-electron chi connectivity index (χ3n) is 4.80. The number of carbonyl (C=O) groups is 2. The summed E-state index contributed by atoms with van der Waals surface area (Å²) in [7, 11) is 2.96. The number of carbonyl (C=O) groups excluding carboxylic acids is 2. The van der Waals surface area contributed by atoms with Gasteiger partial charge in [0.05, 0.1) is 19.8 Å². The number of fused-ring (bicyclic) bond motifs is 1. The van der Waals surface area contributed by atoms with E-state index in [1.165, 1.54) is 18.4 Å². The Hall–Kier alpha value is -2.54. The minimum atomic E-state index is -0.669. The number of nitrogens with one attached hydrogen (secondary N) is 1. The second-order valence-electron chi connectivity index (χ2n) is 6.59. The molecule has 0 unspecified atom stereocenters. The van der Waals surface area contributed by atoms with Crippen LogP contribution in [-0.2, 0) is 22.4 Å². The highest BCUT2D eigenvalue weighted by atomic mass is 32.1. The molecule has 2 aromatic rings. The quantitative estimate of drug-likeness (QED) is 0.701. The predicted octanol–water partition coefficient (Wildman–Crippen LogP) is 4.22. The zero-order valence-corrected chi connectivity index (χ0v) is 17.2. The summed E-state index contributed by atoms with van der Waals surface area (Å²) < 4.78 is 15.9. The first-order valence-corrected chi connectivity index (χ1v) is 10.2. The number of aryl methyl sites for hydroxylation is 1. The second kappa shape index (κ2) is 9.10. The van der Waals surface area contributed by atoms with Gasteiger partial charge in [-0.3, -0.25) is 4.79 Å². The Kier molecular flexibility index (Phi) is 6.57. The highest BCUT2D eigenvalue weighted by Gasteiger charge is 2.28. The number of anilines is 1. The fourth-order valence-electron chi connectivity index (χ4n) is 3.31. The molecule has 0 aliphatic heterocycles. The van der Waals surface area contributed by atoms with Crippen LogP contribution < -0.4 is 14.8 Å². The van der Waals surface area contributed by atoms with Gasteiger partial charge < -0.3 is 19.5 Å². The Balaban J connectivity index is 1.78. The topological polar surface area (TPSA) is 73.9 Å². The number of hydrogen-bond donors (Lipinski definition) is 1. The van der Waals surface area contributed by atoms with Crippen LogP contribution in [-0.4, -0.2) is 32.2 Å². The normalized spacial score (nSPS) is 14.0. The lowest BCUT2D eigenvalue weighted by molar-refractivity contribution is -0.122. The van der Waals surface area contributed by atoms with Crippen LogP contribution in [0.25, 0.3) is 0 Å². The van der Waals surface area contributed by atoms with E-state index in [9.17, 15) is 9.59 Å². The van der Waals surface area contributed by atoms with Gasteiger partial charge in [0, 0.05) is 4.88 Å². The van der Waals surface area contributed by atoms with E-state index >= 15 is 0 Å². The van der Waals surface area contributed by atoms with Gasteiger partial charge >= 0.3 is 5.97 Å². The molecule has 1 heterocycles. The van der Waals surface area contributed by atoms with Gasteiger partial charge in [-0.15, -0.1) is 11.3 Å². The highest BCUT2D eigenvalue weighted by molar-refractivity contribution is 7.17. The number of esters is 1. The van der Waals surface area contributed by atoms with Crippen molar-refractivity contribution >= 4 is 28.2 Å². The molecule has 1 atom stereocenters. The number of methoxy groups -OCH3 is 2. The number of rotatable bonds is 7. The molecule has 0 spiro atoms. The van der Waals surface area contributed by atoms with E-state index in [4.69, 9.17) is 14.2 Å². The number of thiophene rings is 1.